The molecule has 0 aliphatic carbocycles. The normalized spacial score (nSPS) is 12.2. The van der Waals surface area contributed by atoms with Crippen molar-refractivity contribution in [3.8, 4) is 11.5 Å². The quantitative estimate of drug-likeness (QED) is 0.228. The SMILES string of the molecule is CCOC(=O)c1sc(N(Cc2ccccc2)C(=O)COC(=O)c2ccc(NS(=O)(=O)c3ccc4c(c3)OCCO4)cc2)nc1C. The van der Waals surface area contributed by atoms with Gasteiger partial charge < -0.3 is 18.9 Å². The van der Waals surface area contributed by atoms with Crippen LogP contribution in [-0.2, 0) is 30.8 Å². The molecule has 14 heteroatoms. The standard InChI is InChI=1S/C31H29N3O9S2/c1-3-40-30(37)28-20(2)32-31(44-28)34(18-21-7-5-4-6-8-21)27(35)19-43-29(36)22-9-11-23(12-10-22)33-45(38,39)24-13-14-25-26(17-24)42-16-15-41-25/h4-14,17,33H,3,15-16,18-19H2,1-2H3. The summed E-state index contributed by atoms with van der Waals surface area (Å²) in [5.74, 6) is -1.07. The Morgan fingerprint density at radius 3 is 2.36 bits per heavy atom. The highest BCUT2D eigenvalue weighted by Gasteiger charge is 2.26. The van der Waals surface area contributed by atoms with E-state index in [4.69, 9.17) is 18.9 Å². The highest BCUT2D eigenvalue weighted by Crippen LogP contribution is 2.33. The molecule has 4 aromatic rings. The number of carbonyl (C=O) groups is 3. The largest absolute Gasteiger partial charge is 0.486 e. The number of esters is 2. The van der Waals surface area contributed by atoms with E-state index in [1.165, 1.54) is 47.4 Å². The Morgan fingerprint density at radius 1 is 0.933 bits per heavy atom. The summed E-state index contributed by atoms with van der Waals surface area (Å²) in [4.78, 5) is 44.5. The summed E-state index contributed by atoms with van der Waals surface area (Å²) in [7, 11) is -3.96. The first-order valence-electron chi connectivity index (χ1n) is 13.8. The number of hydrogen-bond acceptors (Lipinski definition) is 11. The second kappa shape index (κ2) is 13.8. The molecule has 0 saturated carbocycles. The Morgan fingerprint density at radius 2 is 1.64 bits per heavy atom. The van der Waals surface area contributed by atoms with Crippen LogP contribution in [0.2, 0.25) is 0 Å². The van der Waals surface area contributed by atoms with Crippen LogP contribution in [0.5, 0.6) is 11.5 Å². The molecule has 1 aromatic heterocycles. The third kappa shape index (κ3) is 7.59. The molecule has 1 amide bonds. The smallest absolute Gasteiger partial charge is 0.350 e. The minimum Gasteiger partial charge on any atom is -0.486 e. The fourth-order valence-electron chi connectivity index (χ4n) is 4.28. The first kappa shape index (κ1) is 31.5. The molecule has 1 N–H and O–H groups in total. The van der Waals surface area contributed by atoms with E-state index in [-0.39, 0.29) is 39.3 Å². The van der Waals surface area contributed by atoms with Crippen LogP contribution in [-0.4, -0.2) is 57.7 Å². The monoisotopic (exact) mass is 651 g/mol. The lowest BCUT2D eigenvalue weighted by Crippen LogP contribution is -2.34. The van der Waals surface area contributed by atoms with Gasteiger partial charge in [0, 0.05) is 11.8 Å². The van der Waals surface area contributed by atoms with E-state index in [1.54, 1.807) is 13.8 Å². The molecule has 0 saturated heterocycles. The summed E-state index contributed by atoms with van der Waals surface area (Å²) in [5, 5.41) is 0.259. The second-order valence-corrected chi connectivity index (χ2v) is 12.3. The van der Waals surface area contributed by atoms with Crippen molar-refractivity contribution >= 4 is 50.0 Å². The van der Waals surface area contributed by atoms with Crippen molar-refractivity contribution in [2.75, 3.05) is 36.0 Å². The van der Waals surface area contributed by atoms with Gasteiger partial charge in [-0.25, -0.2) is 23.0 Å². The lowest BCUT2D eigenvalue weighted by atomic mass is 10.2. The first-order chi connectivity index (χ1) is 21.6. The Balaban J connectivity index is 1.25. The van der Waals surface area contributed by atoms with Gasteiger partial charge in [0.05, 0.1) is 29.3 Å². The third-order valence-corrected chi connectivity index (χ3v) is 9.02. The number of benzene rings is 3. The molecule has 0 bridgehead atoms. The average Bonchev–Trinajstić information content (AvgIpc) is 3.44. The molecule has 3 aromatic carbocycles. The van der Waals surface area contributed by atoms with Crippen LogP contribution in [0.25, 0.3) is 0 Å². The predicted molar refractivity (Wildman–Crippen MR) is 165 cm³/mol. The van der Waals surface area contributed by atoms with Crippen LogP contribution in [0.15, 0.2) is 77.7 Å². The maximum Gasteiger partial charge on any atom is 0.350 e. The summed E-state index contributed by atoms with van der Waals surface area (Å²) in [6, 6.07) is 19.1. The van der Waals surface area contributed by atoms with Crippen molar-refractivity contribution < 1.29 is 41.7 Å². The Hall–Kier alpha value is -4.95. The van der Waals surface area contributed by atoms with Crippen molar-refractivity contribution in [3.05, 3.63) is 94.5 Å². The van der Waals surface area contributed by atoms with Crippen molar-refractivity contribution in [2.24, 2.45) is 0 Å². The van der Waals surface area contributed by atoms with E-state index in [0.717, 1.165) is 16.9 Å². The van der Waals surface area contributed by atoms with Gasteiger partial charge in [0.15, 0.2) is 23.2 Å². The number of amides is 1. The zero-order chi connectivity index (χ0) is 32.0. The van der Waals surface area contributed by atoms with Gasteiger partial charge in [0.2, 0.25) is 0 Å². The van der Waals surface area contributed by atoms with Gasteiger partial charge in [0.25, 0.3) is 15.9 Å². The van der Waals surface area contributed by atoms with Crippen LogP contribution >= 0.6 is 11.3 Å². The second-order valence-electron chi connectivity index (χ2n) is 9.66. The van der Waals surface area contributed by atoms with E-state index in [9.17, 15) is 22.8 Å². The average molecular weight is 652 g/mol. The van der Waals surface area contributed by atoms with E-state index >= 15 is 0 Å². The highest BCUT2D eigenvalue weighted by molar-refractivity contribution is 7.92. The number of rotatable bonds is 11. The molecule has 45 heavy (non-hydrogen) atoms. The van der Waals surface area contributed by atoms with Gasteiger partial charge in [0.1, 0.15) is 18.1 Å². The number of aryl methyl sites for hydroxylation is 1. The number of nitrogens with one attached hydrogen (secondary N) is 1. The molecule has 1 aliphatic rings. The predicted octanol–water partition coefficient (Wildman–Crippen LogP) is 4.59. The lowest BCUT2D eigenvalue weighted by molar-refractivity contribution is -0.121. The number of carbonyl (C=O) groups excluding carboxylic acids is 3. The fourth-order valence-corrected chi connectivity index (χ4v) is 6.33. The number of anilines is 2. The third-order valence-electron chi connectivity index (χ3n) is 6.49. The Bertz CT molecular complexity index is 1810. The Kier molecular flexibility index (Phi) is 9.64. The minimum absolute atomic E-state index is 0.0152. The number of fused-ring (bicyclic) bond motifs is 1. The molecular formula is C31H29N3O9S2. The summed E-state index contributed by atoms with van der Waals surface area (Å²) >= 11 is 1.01. The molecule has 234 valence electrons. The molecule has 0 fully saturated rings. The Labute approximate surface area is 263 Å². The summed E-state index contributed by atoms with van der Waals surface area (Å²) in [5.41, 5.74) is 1.54. The molecule has 0 atom stereocenters. The molecule has 2 heterocycles. The number of aromatic nitrogens is 1. The lowest BCUT2D eigenvalue weighted by Gasteiger charge is -2.20. The van der Waals surface area contributed by atoms with E-state index < -0.39 is 34.5 Å². The maximum absolute atomic E-state index is 13.3. The molecule has 0 radical (unpaired) electrons. The minimum atomic E-state index is -3.96. The van der Waals surface area contributed by atoms with Crippen molar-refractivity contribution in [1.82, 2.24) is 4.98 Å². The van der Waals surface area contributed by atoms with Crippen LogP contribution in [0, 0.1) is 6.92 Å². The van der Waals surface area contributed by atoms with Gasteiger partial charge in [-0.05, 0) is 55.8 Å². The van der Waals surface area contributed by atoms with Gasteiger partial charge in [-0.1, -0.05) is 41.7 Å². The van der Waals surface area contributed by atoms with Gasteiger partial charge in [-0.15, -0.1) is 0 Å². The summed E-state index contributed by atoms with van der Waals surface area (Å²) < 4.78 is 49.6. The number of hydrogen-bond donors (Lipinski definition) is 1. The van der Waals surface area contributed by atoms with Gasteiger partial charge >= 0.3 is 11.9 Å². The van der Waals surface area contributed by atoms with Crippen molar-refractivity contribution in [3.63, 3.8) is 0 Å². The fraction of sp³-hybridized carbons (Fsp3) is 0.226. The van der Waals surface area contributed by atoms with Crippen molar-refractivity contribution in [1.29, 1.82) is 0 Å². The summed E-state index contributed by atoms with van der Waals surface area (Å²) in [6.07, 6.45) is 0. The van der Waals surface area contributed by atoms with E-state index in [0.29, 0.717) is 30.4 Å². The molecule has 0 unspecified atom stereocenters. The van der Waals surface area contributed by atoms with E-state index in [1.807, 2.05) is 30.3 Å². The maximum atomic E-state index is 13.3. The molecule has 5 rings (SSSR count). The number of nitrogens with zero attached hydrogens (tertiary/aromatic N) is 2. The van der Waals surface area contributed by atoms with Crippen LogP contribution in [0.1, 0.15) is 38.2 Å². The molecule has 0 spiro atoms. The van der Waals surface area contributed by atoms with Crippen LogP contribution in [0.3, 0.4) is 0 Å². The highest BCUT2D eigenvalue weighted by atomic mass is 32.2. The molecular weight excluding hydrogens is 622 g/mol. The van der Waals surface area contributed by atoms with Crippen molar-refractivity contribution in [2.45, 2.75) is 25.3 Å². The summed E-state index contributed by atoms with van der Waals surface area (Å²) in [6.45, 7) is 3.78. The number of sulfonamides is 1. The van der Waals surface area contributed by atoms with Gasteiger partial charge in [-0.2, -0.15) is 0 Å². The number of ether oxygens (including phenoxy) is 4. The topological polar surface area (TPSA) is 150 Å². The molecule has 12 nitrogen and oxygen atoms in total. The molecule has 1 aliphatic heterocycles. The van der Waals surface area contributed by atoms with E-state index in [2.05, 4.69) is 9.71 Å². The first-order valence-corrected chi connectivity index (χ1v) is 16.1. The van der Waals surface area contributed by atoms with Gasteiger partial charge in [-0.3, -0.25) is 14.4 Å². The number of thiazole rings is 1. The zero-order valence-corrected chi connectivity index (χ0v) is 26.0. The zero-order valence-electron chi connectivity index (χ0n) is 24.3. The van der Waals surface area contributed by atoms with Crippen LogP contribution < -0.4 is 19.1 Å². The van der Waals surface area contributed by atoms with Crippen LogP contribution in [0.4, 0.5) is 10.8 Å².